The summed E-state index contributed by atoms with van der Waals surface area (Å²) in [6.45, 7) is 3.53. The van der Waals surface area contributed by atoms with Crippen molar-refractivity contribution in [3.05, 3.63) is 54.1 Å². The van der Waals surface area contributed by atoms with Gasteiger partial charge in [0.15, 0.2) is 6.10 Å². The van der Waals surface area contributed by atoms with Crippen molar-refractivity contribution in [2.45, 2.75) is 24.8 Å². The second-order valence-corrected chi connectivity index (χ2v) is 6.65. The summed E-state index contributed by atoms with van der Waals surface area (Å²) < 4.78 is 28.0. The molecular formula is C16H18N2O4S. The maximum atomic E-state index is 12.1. The number of benzene rings is 2. The first-order valence-corrected chi connectivity index (χ1v) is 8.48. The lowest BCUT2D eigenvalue weighted by molar-refractivity contribution is -0.122. The van der Waals surface area contributed by atoms with Gasteiger partial charge in [-0.05, 0) is 49.7 Å². The molecule has 0 aliphatic heterocycles. The standard InChI is InChI=1S/C16H18N2O4S/c1-11-5-3-4-6-15(11)22-12(2)16(19)18-13-7-9-14(10-8-13)23(17,20)21/h3-10,12H,1-2H3,(H,18,19)(H2,17,20,21)/t12-/m0/s1. The van der Waals surface area contributed by atoms with Crippen LogP contribution in [0.5, 0.6) is 5.75 Å². The number of nitrogens with two attached hydrogens (primary N) is 1. The van der Waals surface area contributed by atoms with Gasteiger partial charge < -0.3 is 10.1 Å². The number of hydrogen-bond donors (Lipinski definition) is 2. The van der Waals surface area contributed by atoms with Crippen LogP contribution in [-0.4, -0.2) is 20.4 Å². The molecule has 0 spiro atoms. The summed E-state index contributed by atoms with van der Waals surface area (Å²) in [5.74, 6) is 0.302. The third-order valence-corrected chi connectivity index (χ3v) is 4.15. The van der Waals surface area contributed by atoms with E-state index in [1.807, 2.05) is 25.1 Å². The minimum atomic E-state index is -3.75. The summed E-state index contributed by atoms with van der Waals surface area (Å²) in [5.41, 5.74) is 1.40. The first-order chi connectivity index (χ1) is 10.8. The predicted molar refractivity (Wildman–Crippen MR) is 87.7 cm³/mol. The minimum absolute atomic E-state index is 0.0142. The van der Waals surface area contributed by atoms with E-state index in [1.54, 1.807) is 13.0 Å². The topological polar surface area (TPSA) is 98.5 Å². The van der Waals surface area contributed by atoms with Gasteiger partial charge in [0.05, 0.1) is 4.90 Å². The molecule has 6 nitrogen and oxygen atoms in total. The van der Waals surface area contributed by atoms with Crippen molar-refractivity contribution >= 4 is 21.6 Å². The van der Waals surface area contributed by atoms with E-state index in [2.05, 4.69) is 5.32 Å². The van der Waals surface area contributed by atoms with Crippen LogP contribution in [0.1, 0.15) is 12.5 Å². The van der Waals surface area contributed by atoms with Crippen LogP contribution in [0.4, 0.5) is 5.69 Å². The van der Waals surface area contributed by atoms with E-state index in [4.69, 9.17) is 9.88 Å². The molecule has 0 unspecified atom stereocenters. The zero-order valence-electron chi connectivity index (χ0n) is 12.8. The fraction of sp³-hybridized carbons (Fsp3) is 0.188. The normalized spacial score (nSPS) is 12.5. The lowest BCUT2D eigenvalue weighted by Gasteiger charge is -2.16. The molecule has 0 aromatic heterocycles. The Morgan fingerprint density at radius 1 is 1.13 bits per heavy atom. The van der Waals surface area contributed by atoms with E-state index in [1.165, 1.54) is 24.3 Å². The summed E-state index contributed by atoms with van der Waals surface area (Å²) in [4.78, 5) is 12.1. The van der Waals surface area contributed by atoms with Gasteiger partial charge in [-0.1, -0.05) is 18.2 Å². The van der Waals surface area contributed by atoms with Gasteiger partial charge in [0, 0.05) is 5.69 Å². The summed E-state index contributed by atoms with van der Waals surface area (Å²) in [5, 5.41) is 7.68. The second-order valence-electron chi connectivity index (χ2n) is 5.08. The number of para-hydroxylation sites is 1. The lowest BCUT2D eigenvalue weighted by Crippen LogP contribution is -2.30. The van der Waals surface area contributed by atoms with E-state index >= 15 is 0 Å². The summed E-state index contributed by atoms with van der Waals surface area (Å²) in [6, 6.07) is 13.0. The van der Waals surface area contributed by atoms with E-state index in [-0.39, 0.29) is 10.8 Å². The largest absolute Gasteiger partial charge is 0.481 e. The zero-order valence-corrected chi connectivity index (χ0v) is 13.6. The van der Waals surface area contributed by atoms with Gasteiger partial charge in [-0.3, -0.25) is 4.79 Å². The number of aryl methyl sites for hydroxylation is 1. The highest BCUT2D eigenvalue weighted by Crippen LogP contribution is 2.19. The van der Waals surface area contributed by atoms with Crippen molar-refractivity contribution in [2.24, 2.45) is 5.14 Å². The summed E-state index contributed by atoms with van der Waals surface area (Å²) in [7, 11) is -3.75. The molecule has 122 valence electrons. The van der Waals surface area contributed by atoms with Crippen LogP contribution < -0.4 is 15.2 Å². The molecule has 0 radical (unpaired) electrons. The van der Waals surface area contributed by atoms with Crippen LogP contribution in [-0.2, 0) is 14.8 Å². The van der Waals surface area contributed by atoms with Crippen molar-refractivity contribution in [1.29, 1.82) is 0 Å². The molecule has 1 atom stereocenters. The second kappa shape index (κ2) is 6.80. The molecule has 0 aliphatic carbocycles. The molecule has 0 bridgehead atoms. The van der Waals surface area contributed by atoms with Crippen molar-refractivity contribution in [3.8, 4) is 5.75 Å². The monoisotopic (exact) mass is 334 g/mol. The Bertz CT molecular complexity index is 801. The molecule has 1 amide bonds. The first-order valence-electron chi connectivity index (χ1n) is 6.93. The number of rotatable bonds is 5. The van der Waals surface area contributed by atoms with Crippen molar-refractivity contribution in [3.63, 3.8) is 0 Å². The number of anilines is 1. The first kappa shape index (κ1) is 17.0. The Kier molecular flexibility index (Phi) is 5.02. The number of carbonyl (C=O) groups is 1. The molecule has 2 aromatic carbocycles. The smallest absolute Gasteiger partial charge is 0.265 e. The van der Waals surface area contributed by atoms with Gasteiger partial charge in [-0.2, -0.15) is 0 Å². The number of sulfonamides is 1. The molecule has 7 heteroatoms. The quantitative estimate of drug-likeness (QED) is 0.874. The Morgan fingerprint density at radius 3 is 2.30 bits per heavy atom. The number of primary sulfonamides is 1. The van der Waals surface area contributed by atoms with E-state index < -0.39 is 16.1 Å². The summed E-state index contributed by atoms with van der Waals surface area (Å²) in [6.07, 6.45) is -0.700. The highest BCUT2D eigenvalue weighted by Gasteiger charge is 2.16. The van der Waals surface area contributed by atoms with Crippen LogP contribution in [0.25, 0.3) is 0 Å². The molecule has 2 aromatic rings. The summed E-state index contributed by atoms with van der Waals surface area (Å²) >= 11 is 0. The van der Waals surface area contributed by atoms with Crippen LogP contribution >= 0.6 is 0 Å². The predicted octanol–water partition coefficient (Wildman–Crippen LogP) is 2.05. The SMILES string of the molecule is Cc1ccccc1O[C@@H](C)C(=O)Nc1ccc(S(N)(=O)=O)cc1. The van der Waals surface area contributed by atoms with E-state index in [0.717, 1.165) is 5.56 Å². The molecule has 0 fully saturated rings. The van der Waals surface area contributed by atoms with Gasteiger partial charge in [0.1, 0.15) is 5.75 Å². The van der Waals surface area contributed by atoms with Gasteiger partial charge in [0.2, 0.25) is 10.0 Å². The minimum Gasteiger partial charge on any atom is -0.481 e. The molecule has 0 saturated heterocycles. The van der Waals surface area contributed by atoms with Crippen LogP contribution in [0.15, 0.2) is 53.4 Å². The van der Waals surface area contributed by atoms with E-state index in [0.29, 0.717) is 11.4 Å². The number of nitrogens with one attached hydrogen (secondary N) is 1. The maximum Gasteiger partial charge on any atom is 0.265 e. The van der Waals surface area contributed by atoms with Gasteiger partial charge in [0.25, 0.3) is 5.91 Å². The lowest BCUT2D eigenvalue weighted by atomic mass is 10.2. The molecule has 0 saturated carbocycles. The van der Waals surface area contributed by atoms with Crippen LogP contribution in [0.3, 0.4) is 0 Å². The molecule has 3 N–H and O–H groups in total. The third-order valence-electron chi connectivity index (χ3n) is 3.22. The van der Waals surface area contributed by atoms with E-state index in [9.17, 15) is 13.2 Å². The van der Waals surface area contributed by atoms with Crippen molar-refractivity contribution in [2.75, 3.05) is 5.32 Å². The van der Waals surface area contributed by atoms with Crippen LogP contribution in [0, 0.1) is 6.92 Å². The van der Waals surface area contributed by atoms with Crippen molar-refractivity contribution < 1.29 is 17.9 Å². The number of carbonyl (C=O) groups excluding carboxylic acids is 1. The van der Waals surface area contributed by atoms with Gasteiger partial charge >= 0.3 is 0 Å². The Balaban J connectivity index is 2.02. The third kappa shape index (κ3) is 4.54. The maximum absolute atomic E-state index is 12.1. The fourth-order valence-electron chi connectivity index (χ4n) is 1.90. The number of hydrogen-bond acceptors (Lipinski definition) is 4. The van der Waals surface area contributed by atoms with Gasteiger partial charge in [-0.25, -0.2) is 13.6 Å². The molecule has 0 aliphatic rings. The fourth-order valence-corrected chi connectivity index (χ4v) is 2.42. The Labute approximate surface area is 135 Å². The average Bonchev–Trinajstić information content (AvgIpc) is 2.49. The Morgan fingerprint density at radius 2 is 1.74 bits per heavy atom. The average molecular weight is 334 g/mol. The van der Waals surface area contributed by atoms with Gasteiger partial charge in [-0.15, -0.1) is 0 Å². The number of ether oxygens (including phenoxy) is 1. The number of amides is 1. The Hall–Kier alpha value is -2.38. The molecule has 0 heterocycles. The highest BCUT2D eigenvalue weighted by atomic mass is 32.2. The highest BCUT2D eigenvalue weighted by molar-refractivity contribution is 7.89. The molecule has 2 rings (SSSR count). The van der Waals surface area contributed by atoms with Crippen molar-refractivity contribution in [1.82, 2.24) is 0 Å². The zero-order chi connectivity index (χ0) is 17.0. The molecule has 23 heavy (non-hydrogen) atoms. The van der Waals surface area contributed by atoms with Crippen LogP contribution in [0.2, 0.25) is 0 Å². The molecular weight excluding hydrogens is 316 g/mol.